The van der Waals surface area contributed by atoms with Crippen LogP contribution in [0.5, 0.6) is 0 Å². The van der Waals surface area contributed by atoms with E-state index in [1.54, 1.807) is 0 Å². The normalized spacial score (nSPS) is 25.7. The van der Waals surface area contributed by atoms with Crippen molar-refractivity contribution in [1.82, 2.24) is 0 Å². The van der Waals surface area contributed by atoms with Crippen LogP contribution in [-0.4, -0.2) is 25.3 Å². The molecule has 1 aliphatic rings. The fourth-order valence-corrected chi connectivity index (χ4v) is 2.04. The third kappa shape index (κ3) is 3.35. The van der Waals surface area contributed by atoms with Crippen LogP contribution in [0.15, 0.2) is 42.7 Å². The second-order valence-corrected chi connectivity index (χ2v) is 4.53. The van der Waals surface area contributed by atoms with Gasteiger partial charge in [0.25, 0.3) is 0 Å². The Balaban J connectivity index is 1.95. The lowest BCUT2D eigenvalue weighted by atomic mass is 9.96. The fourth-order valence-electron chi connectivity index (χ4n) is 2.04. The van der Waals surface area contributed by atoms with E-state index >= 15 is 0 Å². The third-order valence-corrected chi connectivity index (χ3v) is 3.21. The molecule has 0 radical (unpaired) electrons. The monoisotopic (exact) mass is 262 g/mol. The molecular weight excluding hydrogens is 244 g/mol. The first-order valence-electron chi connectivity index (χ1n) is 6.28. The standard InChI is InChI=1S/C15H18O4/c1-11-13(8-9-18-14(11)15(16)17-2)19-10-12-6-4-3-5-7-12/h3-9,11,13-14H,10H2,1-2H3/t11-,13?,14?/m1/s1. The van der Waals surface area contributed by atoms with E-state index in [4.69, 9.17) is 14.2 Å². The van der Waals surface area contributed by atoms with Gasteiger partial charge in [-0.05, 0) is 11.6 Å². The summed E-state index contributed by atoms with van der Waals surface area (Å²) in [6.45, 7) is 2.43. The molecule has 1 heterocycles. The molecule has 0 amide bonds. The van der Waals surface area contributed by atoms with Crippen LogP contribution in [0.1, 0.15) is 12.5 Å². The summed E-state index contributed by atoms with van der Waals surface area (Å²) in [5.41, 5.74) is 1.10. The molecule has 2 unspecified atom stereocenters. The quantitative estimate of drug-likeness (QED) is 0.781. The summed E-state index contributed by atoms with van der Waals surface area (Å²) in [5, 5.41) is 0. The summed E-state index contributed by atoms with van der Waals surface area (Å²) >= 11 is 0. The number of ether oxygens (including phenoxy) is 3. The Morgan fingerprint density at radius 1 is 1.32 bits per heavy atom. The maximum atomic E-state index is 11.6. The van der Waals surface area contributed by atoms with Crippen molar-refractivity contribution in [1.29, 1.82) is 0 Å². The first-order chi connectivity index (χ1) is 9.22. The Kier molecular flexibility index (Phi) is 4.58. The van der Waals surface area contributed by atoms with E-state index in [1.165, 1.54) is 13.4 Å². The summed E-state index contributed by atoms with van der Waals surface area (Å²) in [5.74, 6) is -0.452. The molecule has 2 rings (SSSR count). The summed E-state index contributed by atoms with van der Waals surface area (Å²) in [7, 11) is 1.36. The van der Waals surface area contributed by atoms with Crippen LogP contribution in [0.25, 0.3) is 0 Å². The van der Waals surface area contributed by atoms with Gasteiger partial charge >= 0.3 is 5.97 Å². The minimum atomic E-state index is -0.601. The largest absolute Gasteiger partial charge is 0.486 e. The van der Waals surface area contributed by atoms with Gasteiger partial charge in [-0.2, -0.15) is 0 Å². The predicted molar refractivity (Wildman–Crippen MR) is 70.2 cm³/mol. The van der Waals surface area contributed by atoms with Crippen LogP contribution in [0.3, 0.4) is 0 Å². The van der Waals surface area contributed by atoms with Crippen molar-refractivity contribution in [3.63, 3.8) is 0 Å². The van der Waals surface area contributed by atoms with Gasteiger partial charge in [-0.3, -0.25) is 0 Å². The second kappa shape index (κ2) is 6.38. The third-order valence-electron chi connectivity index (χ3n) is 3.21. The molecule has 3 atom stereocenters. The Hall–Kier alpha value is -1.81. The summed E-state index contributed by atoms with van der Waals surface area (Å²) in [6, 6.07) is 9.92. The smallest absolute Gasteiger partial charge is 0.347 e. The van der Waals surface area contributed by atoms with Gasteiger partial charge in [0.15, 0.2) is 6.10 Å². The Morgan fingerprint density at radius 3 is 2.74 bits per heavy atom. The molecule has 1 aliphatic heterocycles. The highest BCUT2D eigenvalue weighted by Crippen LogP contribution is 2.23. The minimum Gasteiger partial charge on any atom is -0.486 e. The zero-order valence-corrected chi connectivity index (χ0v) is 11.1. The van der Waals surface area contributed by atoms with Gasteiger partial charge in [0.05, 0.1) is 26.1 Å². The van der Waals surface area contributed by atoms with Gasteiger partial charge < -0.3 is 14.2 Å². The summed E-state index contributed by atoms with van der Waals surface area (Å²) < 4.78 is 15.8. The van der Waals surface area contributed by atoms with Crippen LogP contribution < -0.4 is 0 Å². The molecule has 4 nitrogen and oxygen atoms in total. The Bertz CT molecular complexity index is 441. The number of rotatable bonds is 4. The average Bonchev–Trinajstić information content (AvgIpc) is 2.46. The number of esters is 1. The molecule has 0 bridgehead atoms. The molecule has 19 heavy (non-hydrogen) atoms. The van der Waals surface area contributed by atoms with Gasteiger partial charge in [0.1, 0.15) is 0 Å². The number of hydrogen-bond donors (Lipinski definition) is 0. The first kappa shape index (κ1) is 13.6. The molecule has 0 spiro atoms. The van der Waals surface area contributed by atoms with E-state index in [-0.39, 0.29) is 18.0 Å². The number of carbonyl (C=O) groups is 1. The lowest BCUT2D eigenvalue weighted by Crippen LogP contribution is -2.40. The highest BCUT2D eigenvalue weighted by molar-refractivity contribution is 5.75. The Morgan fingerprint density at radius 2 is 2.05 bits per heavy atom. The predicted octanol–water partition coefficient (Wildman–Crippen LogP) is 2.29. The molecule has 1 aromatic carbocycles. The van der Waals surface area contributed by atoms with Crippen molar-refractivity contribution >= 4 is 5.97 Å². The van der Waals surface area contributed by atoms with Crippen molar-refractivity contribution in [2.45, 2.75) is 25.7 Å². The zero-order chi connectivity index (χ0) is 13.7. The van der Waals surface area contributed by atoms with E-state index in [0.29, 0.717) is 6.61 Å². The minimum absolute atomic E-state index is 0.0823. The average molecular weight is 262 g/mol. The van der Waals surface area contributed by atoms with E-state index in [9.17, 15) is 4.79 Å². The molecule has 0 aliphatic carbocycles. The summed E-state index contributed by atoms with van der Waals surface area (Å²) in [4.78, 5) is 11.6. The van der Waals surface area contributed by atoms with Crippen LogP contribution in [-0.2, 0) is 25.6 Å². The lowest BCUT2D eigenvalue weighted by molar-refractivity contribution is -0.158. The SMILES string of the molecule is COC(=O)C1OC=CC(OCc2ccccc2)[C@H]1C. The zero-order valence-electron chi connectivity index (χ0n) is 11.1. The van der Waals surface area contributed by atoms with Crippen LogP contribution in [0.2, 0.25) is 0 Å². The molecule has 0 fully saturated rings. The second-order valence-electron chi connectivity index (χ2n) is 4.53. The fraction of sp³-hybridized carbons (Fsp3) is 0.400. The molecule has 0 N–H and O–H groups in total. The Labute approximate surface area is 113 Å². The van der Waals surface area contributed by atoms with E-state index in [1.807, 2.05) is 43.3 Å². The van der Waals surface area contributed by atoms with Crippen molar-refractivity contribution in [3.05, 3.63) is 48.2 Å². The molecule has 0 saturated heterocycles. The van der Waals surface area contributed by atoms with E-state index in [2.05, 4.69) is 0 Å². The van der Waals surface area contributed by atoms with Gasteiger partial charge in [-0.1, -0.05) is 37.3 Å². The maximum absolute atomic E-state index is 11.6. The van der Waals surface area contributed by atoms with Gasteiger partial charge in [0.2, 0.25) is 0 Å². The number of methoxy groups -OCH3 is 1. The molecule has 4 heteroatoms. The molecule has 0 aromatic heterocycles. The van der Waals surface area contributed by atoms with Crippen LogP contribution >= 0.6 is 0 Å². The number of benzene rings is 1. The van der Waals surface area contributed by atoms with Crippen molar-refractivity contribution < 1.29 is 19.0 Å². The van der Waals surface area contributed by atoms with Crippen molar-refractivity contribution in [2.75, 3.05) is 7.11 Å². The van der Waals surface area contributed by atoms with Gasteiger partial charge in [-0.15, -0.1) is 0 Å². The summed E-state index contributed by atoms with van der Waals surface area (Å²) in [6.07, 6.45) is 2.58. The van der Waals surface area contributed by atoms with Crippen molar-refractivity contribution in [3.8, 4) is 0 Å². The lowest BCUT2D eigenvalue weighted by Gasteiger charge is -2.30. The van der Waals surface area contributed by atoms with Gasteiger partial charge in [-0.25, -0.2) is 4.79 Å². The topological polar surface area (TPSA) is 44.8 Å². The van der Waals surface area contributed by atoms with E-state index in [0.717, 1.165) is 5.56 Å². The number of hydrogen-bond acceptors (Lipinski definition) is 4. The van der Waals surface area contributed by atoms with Crippen molar-refractivity contribution in [2.24, 2.45) is 5.92 Å². The maximum Gasteiger partial charge on any atom is 0.347 e. The molecule has 0 saturated carbocycles. The highest BCUT2D eigenvalue weighted by Gasteiger charge is 2.35. The molecular formula is C15H18O4. The van der Waals surface area contributed by atoms with Gasteiger partial charge in [0, 0.05) is 5.92 Å². The first-order valence-corrected chi connectivity index (χ1v) is 6.28. The molecule has 102 valence electrons. The van der Waals surface area contributed by atoms with Crippen LogP contribution in [0, 0.1) is 5.92 Å². The number of carbonyl (C=O) groups excluding carboxylic acids is 1. The van der Waals surface area contributed by atoms with E-state index < -0.39 is 6.10 Å². The molecule has 1 aromatic rings. The van der Waals surface area contributed by atoms with Crippen LogP contribution in [0.4, 0.5) is 0 Å². The highest BCUT2D eigenvalue weighted by atomic mass is 16.6.